The van der Waals surface area contributed by atoms with Crippen LogP contribution in [0.4, 0.5) is 0 Å². The van der Waals surface area contributed by atoms with Crippen molar-refractivity contribution in [2.45, 2.75) is 32.6 Å². The number of alkyl halides is 1. The molecule has 1 heterocycles. The van der Waals surface area contributed by atoms with E-state index in [4.69, 9.17) is 11.6 Å². The van der Waals surface area contributed by atoms with Gasteiger partial charge in [-0.2, -0.15) is 15.4 Å². The first-order valence-electron chi connectivity index (χ1n) is 5.16. The Kier molecular flexibility index (Phi) is 4.29. The van der Waals surface area contributed by atoms with Crippen LogP contribution in [0.15, 0.2) is 6.20 Å². The van der Waals surface area contributed by atoms with Crippen LogP contribution in [0, 0.1) is 5.41 Å². The van der Waals surface area contributed by atoms with Gasteiger partial charge >= 0.3 is 0 Å². The molecule has 0 aromatic carbocycles. The lowest BCUT2D eigenvalue weighted by Crippen LogP contribution is -2.31. The second-order valence-electron chi connectivity index (χ2n) is 4.93. The number of nitrogens with zero attached hydrogens (tertiary/aromatic N) is 2. The summed E-state index contributed by atoms with van der Waals surface area (Å²) < 4.78 is 0. The summed E-state index contributed by atoms with van der Waals surface area (Å²) in [5, 5.41) is 12.3. The molecule has 0 aliphatic carbocycles. The van der Waals surface area contributed by atoms with Gasteiger partial charge in [-0.15, -0.1) is 11.6 Å². The SMILES string of the molecule is CC(C)(C)CC(Cl)CNC(=O)c1cn[nH]n1. The Morgan fingerprint density at radius 3 is 2.81 bits per heavy atom. The molecule has 0 spiro atoms. The maximum atomic E-state index is 11.5. The molecule has 0 aliphatic heterocycles. The van der Waals surface area contributed by atoms with Crippen molar-refractivity contribution >= 4 is 17.5 Å². The molecule has 1 atom stereocenters. The van der Waals surface area contributed by atoms with Gasteiger partial charge in [0.2, 0.25) is 0 Å². The lowest BCUT2D eigenvalue weighted by atomic mass is 9.90. The molecule has 90 valence electrons. The summed E-state index contributed by atoms with van der Waals surface area (Å²) in [5.74, 6) is -0.256. The zero-order chi connectivity index (χ0) is 12.2. The molecule has 1 aromatic rings. The predicted octanol–water partition coefficient (Wildman–Crippen LogP) is 1.58. The number of aromatic nitrogens is 3. The minimum atomic E-state index is -0.256. The first-order chi connectivity index (χ1) is 7.38. The third-order valence-electron chi connectivity index (χ3n) is 1.97. The molecular formula is C10H17ClN4O. The maximum Gasteiger partial charge on any atom is 0.273 e. The number of rotatable bonds is 4. The molecule has 1 unspecified atom stereocenters. The lowest BCUT2D eigenvalue weighted by Gasteiger charge is -2.21. The number of H-pyrrole nitrogens is 1. The van der Waals surface area contributed by atoms with E-state index < -0.39 is 0 Å². The summed E-state index contributed by atoms with van der Waals surface area (Å²) >= 11 is 6.11. The Labute approximate surface area is 100.0 Å². The van der Waals surface area contributed by atoms with E-state index in [0.29, 0.717) is 6.54 Å². The first kappa shape index (κ1) is 13.0. The van der Waals surface area contributed by atoms with Crippen LogP contribution in [0.3, 0.4) is 0 Å². The molecular weight excluding hydrogens is 228 g/mol. The van der Waals surface area contributed by atoms with E-state index in [-0.39, 0.29) is 22.4 Å². The predicted molar refractivity (Wildman–Crippen MR) is 62.4 cm³/mol. The van der Waals surface area contributed by atoms with Crippen LogP contribution in [0.5, 0.6) is 0 Å². The Bertz CT molecular complexity index is 331. The van der Waals surface area contributed by atoms with E-state index in [1.165, 1.54) is 6.20 Å². The Hall–Kier alpha value is -1.10. The fraction of sp³-hybridized carbons (Fsp3) is 0.700. The van der Waals surface area contributed by atoms with Gasteiger partial charge in [0.15, 0.2) is 5.69 Å². The third kappa shape index (κ3) is 4.61. The molecule has 16 heavy (non-hydrogen) atoms. The molecule has 0 aliphatic rings. The molecule has 0 radical (unpaired) electrons. The highest BCUT2D eigenvalue weighted by Gasteiger charge is 2.18. The van der Waals surface area contributed by atoms with Gasteiger partial charge in [0.25, 0.3) is 5.91 Å². The first-order valence-corrected chi connectivity index (χ1v) is 5.60. The highest BCUT2D eigenvalue weighted by molar-refractivity contribution is 6.21. The molecule has 6 heteroatoms. The van der Waals surface area contributed by atoms with Crippen molar-refractivity contribution in [2.24, 2.45) is 5.41 Å². The second-order valence-corrected chi connectivity index (χ2v) is 5.54. The smallest absolute Gasteiger partial charge is 0.273 e. The summed E-state index contributed by atoms with van der Waals surface area (Å²) in [5.41, 5.74) is 0.435. The quantitative estimate of drug-likeness (QED) is 0.790. The summed E-state index contributed by atoms with van der Waals surface area (Å²) in [4.78, 5) is 11.5. The summed E-state index contributed by atoms with van der Waals surface area (Å²) in [6.45, 7) is 6.77. The topological polar surface area (TPSA) is 70.7 Å². The van der Waals surface area contributed by atoms with Crippen LogP contribution in [-0.4, -0.2) is 33.2 Å². The van der Waals surface area contributed by atoms with Gasteiger partial charge < -0.3 is 5.32 Å². The van der Waals surface area contributed by atoms with E-state index in [1.807, 2.05) is 0 Å². The van der Waals surface area contributed by atoms with Gasteiger partial charge in [0, 0.05) is 6.54 Å². The zero-order valence-corrected chi connectivity index (χ0v) is 10.5. The number of hydrogen-bond donors (Lipinski definition) is 2. The number of carbonyl (C=O) groups is 1. The van der Waals surface area contributed by atoms with Gasteiger partial charge in [0.1, 0.15) is 0 Å². The molecule has 1 rings (SSSR count). The van der Waals surface area contributed by atoms with Gasteiger partial charge in [0.05, 0.1) is 11.6 Å². The summed E-state index contributed by atoms with van der Waals surface area (Å²) in [7, 11) is 0. The standard InChI is InChI=1S/C10H17ClN4O/c1-10(2,3)4-7(11)5-12-9(16)8-6-13-15-14-8/h6-7H,4-5H2,1-3H3,(H,12,16)(H,13,14,15). The van der Waals surface area contributed by atoms with Crippen LogP contribution < -0.4 is 5.32 Å². The summed E-state index contributed by atoms with van der Waals surface area (Å²) in [6.07, 6.45) is 2.22. The van der Waals surface area contributed by atoms with Crippen LogP contribution in [-0.2, 0) is 0 Å². The van der Waals surface area contributed by atoms with Crippen molar-refractivity contribution in [2.75, 3.05) is 6.54 Å². The highest BCUT2D eigenvalue weighted by atomic mass is 35.5. The minimum Gasteiger partial charge on any atom is -0.349 e. The Morgan fingerprint density at radius 2 is 2.31 bits per heavy atom. The zero-order valence-electron chi connectivity index (χ0n) is 9.75. The van der Waals surface area contributed by atoms with Gasteiger partial charge in [-0.3, -0.25) is 4.79 Å². The fourth-order valence-corrected chi connectivity index (χ4v) is 1.88. The number of aromatic amines is 1. The van der Waals surface area contributed by atoms with Crippen LogP contribution in [0.2, 0.25) is 0 Å². The van der Waals surface area contributed by atoms with Crippen molar-refractivity contribution in [3.63, 3.8) is 0 Å². The maximum absolute atomic E-state index is 11.5. The normalized spacial score (nSPS) is 13.5. The fourth-order valence-electron chi connectivity index (χ4n) is 1.34. The number of carbonyl (C=O) groups excluding carboxylic acids is 1. The lowest BCUT2D eigenvalue weighted by molar-refractivity contribution is 0.0947. The van der Waals surface area contributed by atoms with E-state index in [1.54, 1.807) is 0 Å². The largest absolute Gasteiger partial charge is 0.349 e. The average molecular weight is 245 g/mol. The number of halogens is 1. The molecule has 0 saturated heterocycles. The molecule has 0 fully saturated rings. The van der Waals surface area contributed by atoms with Crippen molar-refractivity contribution in [1.82, 2.24) is 20.7 Å². The Balaban J connectivity index is 2.32. The van der Waals surface area contributed by atoms with Crippen molar-refractivity contribution in [1.29, 1.82) is 0 Å². The van der Waals surface area contributed by atoms with E-state index in [9.17, 15) is 4.79 Å². The molecule has 5 nitrogen and oxygen atoms in total. The second kappa shape index (κ2) is 5.30. The number of hydrogen-bond acceptors (Lipinski definition) is 3. The van der Waals surface area contributed by atoms with Crippen LogP contribution in [0.1, 0.15) is 37.7 Å². The molecule has 1 amide bonds. The molecule has 0 saturated carbocycles. The van der Waals surface area contributed by atoms with Crippen LogP contribution >= 0.6 is 11.6 Å². The van der Waals surface area contributed by atoms with Crippen molar-refractivity contribution in [3.8, 4) is 0 Å². The van der Waals surface area contributed by atoms with Gasteiger partial charge in [-0.1, -0.05) is 20.8 Å². The van der Waals surface area contributed by atoms with E-state index in [2.05, 4.69) is 41.5 Å². The van der Waals surface area contributed by atoms with E-state index in [0.717, 1.165) is 6.42 Å². The Morgan fingerprint density at radius 1 is 1.62 bits per heavy atom. The third-order valence-corrected chi connectivity index (χ3v) is 2.27. The van der Waals surface area contributed by atoms with Gasteiger partial charge in [-0.05, 0) is 11.8 Å². The molecule has 0 bridgehead atoms. The average Bonchev–Trinajstić information content (AvgIpc) is 2.64. The van der Waals surface area contributed by atoms with Crippen LogP contribution in [0.25, 0.3) is 0 Å². The monoisotopic (exact) mass is 244 g/mol. The summed E-state index contributed by atoms with van der Waals surface area (Å²) in [6, 6.07) is 0. The van der Waals surface area contributed by atoms with Crippen molar-refractivity contribution < 1.29 is 4.79 Å². The van der Waals surface area contributed by atoms with E-state index >= 15 is 0 Å². The number of amides is 1. The van der Waals surface area contributed by atoms with Crippen molar-refractivity contribution in [3.05, 3.63) is 11.9 Å². The molecule has 1 aromatic heterocycles. The highest BCUT2D eigenvalue weighted by Crippen LogP contribution is 2.23. The minimum absolute atomic E-state index is 0.0733. The number of nitrogens with one attached hydrogen (secondary N) is 2. The van der Waals surface area contributed by atoms with Gasteiger partial charge in [-0.25, -0.2) is 0 Å². The molecule has 2 N–H and O–H groups in total.